The Morgan fingerprint density at radius 1 is 0.960 bits per heavy atom. The first-order valence-corrected chi connectivity index (χ1v) is 17.0. The van der Waals surface area contributed by atoms with Crippen LogP contribution in [0.15, 0.2) is 71.4 Å². The maximum atomic E-state index is 15.0. The number of carbonyl (C=O) groups is 1. The summed E-state index contributed by atoms with van der Waals surface area (Å²) >= 11 is 0. The van der Waals surface area contributed by atoms with Gasteiger partial charge in [-0.3, -0.25) is 4.79 Å². The number of likely N-dealkylation sites (tertiary alicyclic amines) is 1. The first-order valence-electron chi connectivity index (χ1n) is 17.0. The molecule has 0 atom stereocenters. The number of piperidine rings is 1. The number of hydrogen-bond donors (Lipinski definition) is 2. The smallest absolute Gasteiger partial charge is 0.262 e. The number of nitrogens with one attached hydrogen (secondary N) is 2. The second kappa shape index (κ2) is 16.4. The maximum Gasteiger partial charge on any atom is 0.262 e. The third-order valence-corrected chi connectivity index (χ3v) is 8.54. The summed E-state index contributed by atoms with van der Waals surface area (Å²) in [6.45, 7) is 9.26. The fourth-order valence-corrected chi connectivity index (χ4v) is 5.90. The van der Waals surface area contributed by atoms with Gasteiger partial charge in [-0.05, 0) is 100 Å². The lowest BCUT2D eigenvalue weighted by Gasteiger charge is -2.26. The van der Waals surface area contributed by atoms with Crippen LogP contribution in [0.2, 0.25) is 0 Å². The van der Waals surface area contributed by atoms with E-state index in [9.17, 15) is 4.79 Å². The van der Waals surface area contributed by atoms with E-state index in [4.69, 9.17) is 14.0 Å². The van der Waals surface area contributed by atoms with Crippen LogP contribution in [-0.4, -0.2) is 57.2 Å². The van der Waals surface area contributed by atoms with Gasteiger partial charge in [0.15, 0.2) is 17.4 Å². The Labute approximate surface area is 291 Å². The molecule has 0 unspecified atom stereocenters. The van der Waals surface area contributed by atoms with E-state index in [1.165, 1.54) is 31.5 Å². The standard InChI is InChI=1S/C38H42FN7O4/c1-25-10-7-11-26(2)35(25)43-36(47)31-24-40-38(42-29-15-16-33(32(39)23-29)48-21-9-20-46-18-5-4-6-19-46)44-37(31)49-30-13-8-12-28(22-30)14-17-34-41-27(3)45-50-34/h7-8,10-13,15-16,22-24H,4-6,9,14,17-21H2,1-3H3,(H,43,47)(H,40,42,44). The van der Waals surface area contributed by atoms with Gasteiger partial charge in [-0.1, -0.05) is 41.9 Å². The molecule has 12 heteroatoms. The fraction of sp³-hybridized carbons (Fsp3) is 0.342. The predicted octanol–water partition coefficient (Wildman–Crippen LogP) is 7.75. The van der Waals surface area contributed by atoms with Crippen molar-refractivity contribution in [2.24, 2.45) is 0 Å². The van der Waals surface area contributed by atoms with Gasteiger partial charge in [-0.25, -0.2) is 9.37 Å². The highest BCUT2D eigenvalue weighted by molar-refractivity contribution is 6.06. The molecule has 6 rings (SSSR count). The van der Waals surface area contributed by atoms with E-state index < -0.39 is 11.7 Å². The molecule has 0 radical (unpaired) electrons. The van der Waals surface area contributed by atoms with Crippen LogP contribution in [0.5, 0.6) is 17.4 Å². The number of hydrogen-bond acceptors (Lipinski definition) is 10. The van der Waals surface area contributed by atoms with Gasteiger partial charge in [0.05, 0.1) is 6.61 Å². The largest absolute Gasteiger partial charge is 0.490 e. The Morgan fingerprint density at radius 3 is 2.52 bits per heavy atom. The minimum atomic E-state index is -0.499. The zero-order chi connectivity index (χ0) is 34.9. The minimum absolute atomic E-state index is 0.0324. The van der Waals surface area contributed by atoms with Crippen molar-refractivity contribution in [2.45, 2.75) is 59.3 Å². The van der Waals surface area contributed by atoms with E-state index >= 15 is 4.39 Å². The number of anilines is 3. The highest BCUT2D eigenvalue weighted by Gasteiger charge is 2.20. The fourth-order valence-electron chi connectivity index (χ4n) is 5.90. The van der Waals surface area contributed by atoms with Crippen molar-refractivity contribution >= 4 is 23.2 Å². The van der Waals surface area contributed by atoms with Crippen LogP contribution in [0.4, 0.5) is 21.7 Å². The number of nitrogens with zero attached hydrogens (tertiary/aromatic N) is 5. The molecule has 2 aromatic heterocycles. The normalized spacial score (nSPS) is 13.2. The molecule has 1 saturated heterocycles. The number of halogens is 1. The average Bonchev–Trinajstić information content (AvgIpc) is 3.53. The van der Waals surface area contributed by atoms with Crippen molar-refractivity contribution in [3.8, 4) is 17.4 Å². The third-order valence-electron chi connectivity index (χ3n) is 8.54. The Hall–Kier alpha value is -5.36. The third kappa shape index (κ3) is 9.20. The average molecular weight is 680 g/mol. The maximum absolute atomic E-state index is 15.0. The second-order valence-electron chi connectivity index (χ2n) is 12.5. The molecule has 5 aromatic rings. The van der Waals surface area contributed by atoms with Gasteiger partial charge in [0.2, 0.25) is 17.7 Å². The van der Waals surface area contributed by atoms with Gasteiger partial charge in [0, 0.05) is 36.6 Å². The Kier molecular flexibility index (Phi) is 11.3. The van der Waals surface area contributed by atoms with Gasteiger partial charge in [-0.15, -0.1) is 0 Å². The molecule has 3 aromatic carbocycles. The van der Waals surface area contributed by atoms with Gasteiger partial charge in [0.1, 0.15) is 11.3 Å². The molecule has 1 aliphatic heterocycles. The lowest BCUT2D eigenvalue weighted by atomic mass is 10.1. The van der Waals surface area contributed by atoms with E-state index in [0.717, 1.165) is 42.7 Å². The van der Waals surface area contributed by atoms with Crippen LogP contribution in [0.1, 0.15) is 64.4 Å². The summed E-state index contributed by atoms with van der Waals surface area (Å²) in [4.78, 5) is 29.3. The summed E-state index contributed by atoms with van der Waals surface area (Å²) in [6, 6.07) is 17.9. The van der Waals surface area contributed by atoms with Crippen LogP contribution >= 0.6 is 0 Å². The molecular formula is C38H42FN7O4. The van der Waals surface area contributed by atoms with Crippen molar-refractivity contribution in [2.75, 3.05) is 36.9 Å². The lowest BCUT2D eigenvalue weighted by Crippen LogP contribution is -2.31. The summed E-state index contributed by atoms with van der Waals surface area (Å²) < 4.78 is 32.3. The number of rotatable bonds is 14. The summed E-state index contributed by atoms with van der Waals surface area (Å²) in [5.41, 5.74) is 4.05. The molecule has 2 N–H and O–H groups in total. The second-order valence-corrected chi connectivity index (χ2v) is 12.5. The monoisotopic (exact) mass is 679 g/mol. The van der Waals surface area contributed by atoms with Gasteiger partial charge in [-0.2, -0.15) is 9.97 Å². The topological polar surface area (TPSA) is 128 Å². The SMILES string of the molecule is Cc1noc(CCc2cccc(Oc3nc(Nc4ccc(OCCCN5CCCCC5)c(F)c4)ncc3C(=O)Nc3c(C)cccc3C)c2)n1. The molecule has 260 valence electrons. The molecule has 1 fully saturated rings. The molecule has 1 amide bonds. The Balaban J connectivity index is 1.18. The van der Waals surface area contributed by atoms with Crippen molar-refractivity contribution < 1.29 is 23.2 Å². The number of carbonyl (C=O) groups excluding carboxylic acids is 1. The summed E-state index contributed by atoms with van der Waals surface area (Å²) in [7, 11) is 0. The van der Waals surface area contributed by atoms with Gasteiger partial charge < -0.3 is 29.5 Å². The van der Waals surface area contributed by atoms with Crippen LogP contribution < -0.4 is 20.1 Å². The molecule has 0 bridgehead atoms. The highest BCUT2D eigenvalue weighted by atomic mass is 19.1. The first kappa shape index (κ1) is 34.5. The Morgan fingerprint density at radius 2 is 1.76 bits per heavy atom. The molecule has 0 aliphatic carbocycles. The van der Waals surface area contributed by atoms with Crippen molar-refractivity contribution in [1.82, 2.24) is 25.0 Å². The Bertz CT molecular complexity index is 1910. The van der Waals surface area contributed by atoms with Crippen LogP contribution in [0.3, 0.4) is 0 Å². The molecule has 50 heavy (non-hydrogen) atoms. The summed E-state index contributed by atoms with van der Waals surface area (Å²) in [6.07, 6.45) is 7.20. The van der Waals surface area contributed by atoms with Crippen LogP contribution in [-0.2, 0) is 12.8 Å². The zero-order valence-electron chi connectivity index (χ0n) is 28.7. The van der Waals surface area contributed by atoms with E-state index in [1.807, 2.05) is 50.2 Å². The van der Waals surface area contributed by atoms with E-state index in [1.54, 1.807) is 25.1 Å². The number of benzene rings is 3. The van der Waals surface area contributed by atoms with E-state index in [0.29, 0.717) is 48.3 Å². The molecule has 0 saturated carbocycles. The molecule has 3 heterocycles. The number of aromatic nitrogens is 4. The van der Waals surface area contributed by atoms with E-state index in [-0.39, 0.29) is 23.1 Å². The molecule has 11 nitrogen and oxygen atoms in total. The number of ether oxygens (including phenoxy) is 2. The number of para-hydroxylation sites is 1. The van der Waals surface area contributed by atoms with Crippen molar-refractivity contribution in [3.63, 3.8) is 0 Å². The predicted molar refractivity (Wildman–Crippen MR) is 189 cm³/mol. The quantitative estimate of drug-likeness (QED) is 0.112. The van der Waals surface area contributed by atoms with Gasteiger partial charge in [0.25, 0.3) is 5.91 Å². The summed E-state index contributed by atoms with van der Waals surface area (Å²) in [5.74, 6) is 1.03. The van der Waals surface area contributed by atoms with Gasteiger partial charge >= 0.3 is 0 Å². The van der Waals surface area contributed by atoms with Crippen molar-refractivity contribution in [1.29, 1.82) is 0 Å². The molecule has 1 aliphatic rings. The van der Waals surface area contributed by atoms with Crippen LogP contribution in [0, 0.1) is 26.6 Å². The minimum Gasteiger partial charge on any atom is -0.490 e. The molecular weight excluding hydrogens is 637 g/mol. The zero-order valence-corrected chi connectivity index (χ0v) is 28.7. The highest BCUT2D eigenvalue weighted by Crippen LogP contribution is 2.29. The number of amides is 1. The lowest BCUT2D eigenvalue weighted by molar-refractivity contribution is 0.102. The van der Waals surface area contributed by atoms with E-state index in [2.05, 4.69) is 35.6 Å². The van der Waals surface area contributed by atoms with Crippen molar-refractivity contribution in [3.05, 3.63) is 107 Å². The van der Waals surface area contributed by atoms with Crippen LogP contribution in [0.25, 0.3) is 0 Å². The summed E-state index contributed by atoms with van der Waals surface area (Å²) in [5, 5.41) is 9.87. The number of aryl methyl sites for hydroxylation is 5. The first-order chi connectivity index (χ1) is 24.3. The molecule has 0 spiro atoms.